The number of nitrogen functional groups attached to an aromatic ring is 1. The molecule has 40 heavy (non-hydrogen) atoms. The van der Waals surface area contributed by atoms with E-state index >= 15 is 4.39 Å². The van der Waals surface area contributed by atoms with Crippen molar-refractivity contribution in [3.8, 4) is 17.3 Å². The molecule has 1 fully saturated rings. The number of pyridine rings is 2. The normalized spacial score (nSPS) is 14.2. The molecule has 0 atom stereocenters. The van der Waals surface area contributed by atoms with Crippen LogP contribution in [0.1, 0.15) is 59.6 Å². The van der Waals surface area contributed by atoms with E-state index in [-0.39, 0.29) is 22.0 Å². The average molecular weight is 559 g/mol. The third-order valence-electron chi connectivity index (χ3n) is 6.63. The number of alkyl halides is 3. The summed E-state index contributed by atoms with van der Waals surface area (Å²) in [7, 11) is 0. The van der Waals surface area contributed by atoms with Gasteiger partial charge in [-0.05, 0) is 49.1 Å². The Morgan fingerprint density at radius 3 is 2.48 bits per heavy atom. The van der Waals surface area contributed by atoms with Crippen molar-refractivity contribution in [3.05, 3.63) is 83.4 Å². The van der Waals surface area contributed by atoms with Gasteiger partial charge in [-0.2, -0.15) is 18.3 Å². The van der Waals surface area contributed by atoms with Crippen LogP contribution in [-0.4, -0.2) is 25.7 Å². The molecule has 0 bridgehead atoms. The van der Waals surface area contributed by atoms with Crippen molar-refractivity contribution in [2.75, 3.05) is 11.1 Å². The van der Waals surface area contributed by atoms with Gasteiger partial charge >= 0.3 is 6.18 Å². The van der Waals surface area contributed by atoms with Gasteiger partial charge in [0.1, 0.15) is 11.6 Å². The molecule has 3 heterocycles. The molecule has 5 rings (SSSR count). The van der Waals surface area contributed by atoms with E-state index in [4.69, 9.17) is 10.5 Å². The number of nitrogens with one attached hydrogen (secondary N) is 1. The lowest BCUT2D eigenvalue weighted by molar-refractivity contribution is -0.143. The fourth-order valence-electron chi connectivity index (χ4n) is 4.82. The molecule has 3 aromatic heterocycles. The number of rotatable bonds is 6. The first-order chi connectivity index (χ1) is 19.1. The monoisotopic (exact) mass is 558 g/mol. The lowest BCUT2D eigenvalue weighted by Gasteiger charge is -2.25. The Hall–Kier alpha value is -4.55. The smallest absolute Gasteiger partial charge is 0.434 e. The highest BCUT2D eigenvalue weighted by Crippen LogP contribution is 2.42. The van der Waals surface area contributed by atoms with Gasteiger partial charge in [0.2, 0.25) is 0 Å². The molecule has 1 aliphatic rings. The zero-order valence-corrected chi connectivity index (χ0v) is 20.9. The minimum absolute atomic E-state index is 0.127. The summed E-state index contributed by atoms with van der Waals surface area (Å²) in [6.07, 6.45) is 3.11. The van der Waals surface area contributed by atoms with Crippen LogP contribution in [-0.2, 0) is 6.18 Å². The van der Waals surface area contributed by atoms with Gasteiger partial charge in [0.05, 0.1) is 11.8 Å². The number of halogens is 5. The van der Waals surface area contributed by atoms with Crippen LogP contribution in [0.2, 0.25) is 0 Å². The molecule has 1 aromatic carbocycles. The van der Waals surface area contributed by atoms with Crippen molar-refractivity contribution in [3.63, 3.8) is 0 Å². The third kappa shape index (κ3) is 5.44. The van der Waals surface area contributed by atoms with Crippen LogP contribution < -0.4 is 15.8 Å². The number of aromatic nitrogens is 4. The van der Waals surface area contributed by atoms with Gasteiger partial charge in [-0.15, -0.1) is 0 Å². The maximum absolute atomic E-state index is 15.0. The maximum atomic E-state index is 15.0. The van der Waals surface area contributed by atoms with Crippen LogP contribution in [0.25, 0.3) is 5.82 Å². The predicted octanol–water partition coefficient (Wildman–Crippen LogP) is 6.63. The van der Waals surface area contributed by atoms with Crippen LogP contribution in [0, 0.1) is 11.6 Å². The summed E-state index contributed by atoms with van der Waals surface area (Å²) >= 11 is 0. The van der Waals surface area contributed by atoms with Gasteiger partial charge in [0.25, 0.3) is 5.91 Å². The Labute approximate surface area is 225 Å². The van der Waals surface area contributed by atoms with Gasteiger partial charge in [-0.3, -0.25) is 4.79 Å². The SMILES string of the molecule is Nc1nccc(Oc2ccc(NC(=O)c3cnn(-c4ncccc4F)c3C(F)(F)F)cc2F)c1C1CCCCC1. The van der Waals surface area contributed by atoms with E-state index in [0.29, 0.717) is 23.3 Å². The highest BCUT2D eigenvalue weighted by atomic mass is 19.4. The Kier molecular flexibility index (Phi) is 7.37. The first-order valence-electron chi connectivity index (χ1n) is 12.4. The molecular formula is C27H23F5N6O2. The van der Waals surface area contributed by atoms with E-state index in [9.17, 15) is 22.4 Å². The molecule has 1 amide bonds. The summed E-state index contributed by atoms with van der Waals surface area (Å²) in [5, 5.41) is 5.75. The quantitative estimate of drug-likeness (QED) is 0.257. The van der Waals surface area contributed by atoms with Gasteiger partial charge in [0, 0.05) is 29.7 Å². The van der Waals surface area contributed by atoms with E-state index in [2.05, 4.69) is 20.4 Å². The number of amides is 1. The van der Waals surface area contributed by atoms with Gasteiger partial charge in [-0.25, -0.2) is 23.4 Å². The van der Waals surface area contributed by atoms with E-state index in [1.807, 2.05) is 0 Å². The number of ether oxygens (including phenoxy) is 1. The molecule has 1 aliphatic carbocycles. The number of nitrogens with two attached hydrogens (primary N) is 1. The first kappa shape index (κ1) is 27.0. The summed E-state index contributed by atoms with van der Waals surface area (Å²) in [5.41, 5.74) is 4.26. The number of benzene rings is 1. The minimum Gasteiger partial charge on any atom is -0.454 e. The summed E-state index contributed by atoms with van der Waals surface area (Å²) < 4.78 is 76.9. The fraction of sp³-hybridized carbons (Fsp3) is 0.259. The summed E-state index contributed by atoms with van der Waals surface area (Å²) in [6, 6.07) is 7.13. The number of anilines is 2. The van der Waals surface area contributed by atoms with Crippen LogP contribution in [0.3, 0.4) is 0 Å². The van der Waals surface area contributed by atoms with Gasteiger partial charge in [0.15, 0.2) is 28.9 Å². The fourth-order valence-corrected chi connectivity index (χ4v) is 4.82. The molecule has 0 saturated heterocycles. The number of carbonyl (C=O) groups is 1. The second kappa shape index (κ2) is 10.9. The molecule has 0 spiro atoms. The van der Waals surface area contributed by atoms with Crippen molar-refractivity contribution in [2.24, 2.45) is 0 Å². The van der Waals surface area contributed by atoms with E-state index in [1.54, 1.807) is 6.07 Å². The molecule has 0 radical (unpaired) electrons. The molecule has 1 saturated carbocycles. The van der Waals surface area contributed by atoms with Crippen LogP contribution in [0.5, 0.6) is 11.5 Å². The molecule has 0 aliphatic heterocycles. The predicted molar refractivity (Wildman–Crippen MR) is 135 cm³/mol. The molecule has 13 heteroatoms. The molecule has 3 N–H and O–H groups in total. The first-order valence-corrected chi connectivity index (χ1v) is 12.4. The van der Waals surface area contributed by atoms with E-state index < -0.39 is 40.8 Å². The number of hydrogen-bond donors (Lipinski definition) is 2. The summed E-state index contributed by atoms with van der Waals surface area (Å²) in [4.78, 5) is 20.5. The van der Waals surface area contributed by atoms with E-state index in [0.717, 1.165) is 50.4 Å². The van der Waals surface area contributed by atoms with Gasteiger partial charge in [-0.1, -0.05) is 19.3 Å². The van der Waals surface area contributed by atoms with Crippen molar-refractivity contribution >= 4 is 17.4 Å². The Bertz CT molecular complexity index is 1550. The zero-order chi connectivity index (χ0) is 28.4. The Balaban J connectivity index is 1.39. The summed E-state index contributed by atoms with van der Waals surface area (Å²) in [5.74, 6) is -3.28. The molecule has 0 unspecified atom stereocenters. The second-order valence-corrected chi connectivity index (χ2v) is 9.27. The van der Waals surface area contributed by atoms with Gasteiger partial charge < -0.3 is 15.8 Å². The number of hydrogen-bond acceptors (Lipinski definition) is 6. The number of nitrogens with zero attached hydrogens (tertiary/aromatic N) is 4. The zero-order valence-electron chi connectivity index (χ0n) is 20.9. The molecule has 8 nitrogen and oxygen atoms in total. The highest BCUT2D eigenvalue weighted by Gasteiger charge is 2.41. The largest absolute Gasteiger partial charge is 0.454 e. The highest BCUT2D eigenvalue weighted by molar-refractivity contribution is 6.05. The van der Waals surface area contributed by atoms with Crippen LogP contribution in [0.4, 0.5) is 33.5 Å². The van der Waals surface area contributed by atoms with Crippen LogP contribution >= 0.6 is 0 Å². The average Bonchev–Trinajstić information content (AvgIpc) is 3.37. The summed E-state index contributed by atoms with van der Waals surface area (Å²) in [6.45, 7) is 0. The Morgan fingerprint density at radius 2 is 1.77 bits per heavy atom. The van der Waals surface area contributed by atoms with Crippen molar-refractivity contribution < 1.29 is 31.5 Å². The van der Waals surface area contributed by atoms with E-state index in [1.165, 1.54) is 24.4 Å². The van der Waals surface area contributed by atoms with Crippen molar-refractivity contribution in [1.82, 2.24) is 19.7 Å². The molecular weight excluding hydrogens is 535 g/mol. The van der Waals surface area contributed by atoms with Crippen molar-refractivity contribution in [1.29, 1.82) is 0 Å². The lowest BCUT2D eigenvalue weighted by atomic mass is 9.84. The Morgan fingerprint density at radius 1 is 1.00 bits per heavy atom. The van der Waals surface area contributed by atoms with Crippen molar-refractivity contribution in [2.45, 2.75) is 44.2 Å². The standard InChI is InChI=1S/C27H23F5N6O2/c28-18-7-4-11-35-25(18)38-23(27(30,31)32)17(14-36-38)26(39)37-16-8-9-20(19(29)13-16)40-21-10-12-34-24(33)22(21)15-5-2-1-3-6-15/h4,7-15H,1-3,5-6H2,(H2,33,34)(H,37,39). The molecule has 4 aromatic rings. The maximum Gasteiger partial charge on any atom is 0.434 e. The molecule has 208 valence electrons. The lowest BCUT2D eigenvalue weighted by Crippen LogP contribution is -2.21. The van der Waals surface area contributed by atoms with Crippen LogP contribution in [0.15, 0.2) is 55.0 Å². The number of carbonyl (C=O) groups excluding carboxylic acids is 1. The minimum atomic E-state index is -5.08. The topological polar surface area (TPSA) is 108 Å². The second-order valence-electron chi connectivity index (χ2n) is 9.27. The third-order valence-corrected chi connectivity index (χ3v) is 6.63.